The predicted octanol–water partition coefficient (Wildman–Crippen LogP) is 1.95. The maximum atomic E-state index is 13.5. The molecule has 1 aliphatic rings. The Labute approximate surface area is 106 Å². The van der Waals surface area contributed by atoms with Crippen LogP contribution in [0.1, 0.15) is 19.8 Å². The van der Waals surface area contributed by atoms with Crippen LogP contribution >= 0.6 is 0 Å². The second-order valence-electron chi connectivity index (χ2n) is 4.54. The zero-order chi connectivity index (χ0) is 13.0. The van der Waals surface area contributed by atoms with Gasteiger partial charge in [-0.2, -0.15) is 0 Å². The van der Waals surface area contributed by atoms with Crippen molar-refractivity contribution in [2.24, 2.45) is 0 Å². The highest BCUT2D eigenvalue weighted by Gasteiger charge is 2.13. The Morgan fingerprint density at radius 2 is 2.11 bits per heavy atom. The fourth-order valence-corrected chi connectivity index (χ4v) is 2.10. The molecule has 1 fully saturated rings. The van der Waals surface area contributed by atoms with Gasteiger partial charge in [-0.3, -0.25) is 4.79 Å². The molecule has 98 valence electrons. The van der Waals surface area contributed by atoms with Gasteiger partial charge in [0.15, 0.2) is 0 Å². The number of carbonyl (C=O) groups excluding carboxylic acids is 1. The summed E-state index contributed by atoms with van der Waals surface area (Å²) in [6.07, 6.45) is 2.10. The van der Waals surface area contributed by atoms with Crippen LogP contribution in [0.4, 0.5) is 15.8 Å². The molecule has 1 heterocycles. The number of piperidine rings is 1. The van der Waals surface area contributed by atoms with Gasteiger partial charge < -0.3 is 16.0 Å². The Balaban J connectivity index is 2.05. The van der Waals surface area contributed by atoms with E-state index in [1.807, 2.05) is 0 Å². The minimum Gasteiger partial charge on any atom is -0.382 e. The third-order valence-electron chi connectivity index (χ3n) is 2.99. The molecule has 0 spiro atoms. The molecule has 5 heteroatoms. The number of amides is 1. The zero-order valence-corrected chi connectivity index (χ0v) is 10.4. The van der Waals surface area contributed by atoms with Crippen molar-refractivity contribution in [3.8, 4) is 0 Å². The summed E-state index contributed by atoms with van der Waals surface area (Å²) in [4.78, 5) is 11.0. The Kier molecular flexibility index (Phi) is 4.15. The van der Waals surface area contributed by atoms with Gasteiger partial charge in [-0.15, -0.1) is 0 Å². The minimum absolute atomic E-state index is 0.224. The summed E-state index contributed by atoms with van der Waals surface area (Å²) in [6, 6.07) is 5.11. The second-order valence-corrected chi connectivity index (χ2v) is 4.54. The van der Waals surface area contributed by atoms with Crippen LogP contribution in [0.5, 0.6) is 0 Å². The van der Waals surface area contributed by atoms with Crippen LogP contribution in [0, 0.1) is 5.82 Å². The van der Waals surface area contributed by atoms with Crippen molar-refractivity contribution < 1.29 is 9.18 Å². The first-order valence-corrected chi connectivity index (χ1v) is 6.19. The van der Waals surface area contributed by atoms with Gasteiger partial charge in [0, 0.05) is 18.7 Å². The zero-order valence-electron chi connectivity index (χ0n) is 10.4. The van der Waals surface area contributed by atoms with Crippen LogP contribution in [-0.4, -0.2) is 25.0 Å². The normalized spacial score (nSPS) is 16.3. The molecule has 0 atom stereocenters. The van der Waals surface area contributed by atoms with Crippen LogP contribution in [-0.2, 0) is 4.79 Å². The summed E-state index contributed by atoms with van der Waals surface area (Å²) in [5.74, 6) is -0.686. The van der Waals surface area contributed by atoms with Crippen LogP contribution in [0.3, 0.4) is 0 Å². The van der Waals surface area contributed by atoms with E-state index in [0.717, 1.165) is 31.6 Å². The molecule has 1 aromatic rings. The Bertz CT molecular complexity index is 430. The molecule has 4 nitrogen and oxygen atoms in total. The van der Waals surface area contributed by atoms with E-state index in [1.165, 1.54) is 13.0 Å². The number of nitrogens with one attached hydrogen (secondary N) is 3. The second kappa shape index (κ2) is 5.82. The van der Waals surface area contributed by atoms with E-state index in [9.17, 15) is 9.18 Å². The van der Waals surface area contributed by atoms with Crippen LogP contribution in [0.15, 0.2) is 18.2 Å². The summed E-state index contributed by atoms with van der Waals surface area (Å²) in [7, 11) is 0. The average Bonchev–Trinajstić information content (AvgIpc) is 2.34. The summed E-state index contributed by atoms with van der Waals surface area (Å²) in [6.45, 7) is 3.36. The first kappa shape index (κ1) is 12.8. The molecule has 0 aromatic heterocycles. The Morgan fingerprint density at radius 3 is 2.78 bits per heavy atom. The molecule has 1 amide bonds. The number of halogens is 1. The van der Waals surface area contributed by atoms with Gasteiger partial charge in [-0.25, -0.2) is 4.39 Å². The maximum Gasteiger partial charge on any atom is 0.221 e. The first-order valence-electron chi connectivity index (χ1n) is 6.19. The third-order valence-corrected chi connectivity index (χ3v) is 2.99. The average molecular weight is 251 g/mol. The highest BCUT2D eigenvalue weighted by atomic mass is 19.1. The lowest BCUT2D eigenvalue weighted by molar-refractivity contribution is -0.114. The van der Waals surface area contributed by atoms with Gasteiger partial charge in [0.1, 0.15) is 5.82 Å². The maximum absolute atomic E-state index is 13.5. The molecule has 0 unspecified atom stereocenters. The SMILES string of the molecule is CC(=O)Nc1cc(NC2CCNCC2)ccc1F. The van der Waals surface area contributed by atoms with Crippen molar-refractivity contribution in [2.45, 2.75) is 25.8 Å². The molecule has 3 N–H and O–H groups in total. The molecule has 0 radical (unpaired) electrons. The smallest absolute Gasteiger partial charge is 0.221 e. The van der Waals surface area contributed by atoms with Crippen molar-refractivity contribution in [3.05, 3.63) is 24.0 Å². The molecule has 1 aromatic carbocycles. The summed E-state index contributed by atoms with van der Waals surface area (Å²) in [5.41, 5.74) is 1.06. The predicted molar refractivity (Wildman–Crippen MR) is 70.2 cm³/mol. The highest BCUT2D eigenvalue weighted by Crippen LogP contribution is 2.21. The summed E-state index contributed by atoms with van der Waals surface area (Å²) >= 11 is 0. The van der Waals surface area contributed by atoms with Crippen LogP contribution < -0.4 is 16.0 Å². The number of hydrogen-bond donors (Lipinski definition) is 3. The molecular formula is C13H18FN3O. The lowest BCUT2D eigenvalue weighted by Crippen LogP contribution is -2.35. The minimum atomic E-state index is -0.416. The van der Waals surface area contributed by atoms with Crippen molar-refractivity contribution in [1.29, 1.82) is 0 Å². The van der Waals surface area contributed by atoms with Crippen molar-refractivity contribution in [1.82, 2.24) is 5.32 Å². The molecular weight excluding hydrogens is 233 g/mol. The van der Waals surface area contributed by atoms with E-state index in [1.54, 1.807) is 12.1 Å². The number of rotatable bonds is 3. The van der Waals surface area contributed by atoms with E-state index >= 15 is 0 Å². The fourth-order valence-electron chi connectivity index (χ4n) is 2.10. The standard InChI is InChI=1S/C13H18FN3O/c1-9(18)16-13-8-11(2-3-12(13)14)17-10-4-6-15-7-5-10/h2-3,8,10,15,17H,4-7H2,1H3,(H,16,18). The third kappa shape index (κ3) is 3.43. The molecule has 0 bridgehead atoms. The van der Waals surface area contributed by atoms with Crippen molar-refractivity contribution in [2.75, 3.05) is 23.7 Å². The molecule has 1 aliphatic heterocycles. The highest BCUT2D eigenvalue weighted by molar-refractivity contribution is 5.89. The van der Waals surface area contributed by atoms with Crippen LogP contribution in [0.2, 0.25) is 0 Å². The van der Waals surface area contributed by atoms with Crippen LogP contribution in [0.25, 0.3) is 0 Å². The fraction of sp³-hybridized carbons (Fsp3) is 0.462. The Hall–Kier alpha value is -1.62. The van der Waals surface area contributed by atoms with Gasteiger partial charge in [-0.05, 0) is 44.1 Å². The van der Waals surface area contributed by atoms with Gasteiger partial charge >= 0.3 is 0 Å². The van der Waals surface area contributed by atoms with Crippen molar-refractivity contribution >= 4 is 17.3 Å². The van der Waals surface area contributed by atoms with Gasteiger partial charge in [0.25, 0.3) is 0 Å². The molecule has 0 saturated carbocycles. The summed E-state index contributed by atoms with van der Waals surface area (Å²) < 4.78 is 13.5. The number of benzene rings is 1. The molecule has 0 aliphatic carbocycles. The van der Waals surface area contributed by atoms with E-state index in [-0.39, 0.29) is 11.6 Å². The first-order chi connectivity index (χ1) is 8.65. The van der Waals surface area contributed by atoms with Gasteiger partial charge in [0.2, 0.25) is 5.91 Å². The van der Waals surface area contributed by atoms with E-state index in [0.29, 0.717) is 6.04 Å². The number of anilines is 2. The topological polar surface area (TPSA) is 53.2 Å². The van der Waals surface area contributed by atoms with Gasteiger partial charge in [-0.1, -0.05) is 0 Å². The lowest BCUT2D eigenvalue weighted by Gasteiger charge is -2.25. The van der Waals surface area contributed by atoms with E-state index < -0.39 is 5.82 Å². The lowest BCUT2D eigenvalue weighted by atomic mass is 10.1. The van der Waals surface area contributed by atoms with E-state index in [4.69, 9.17) is 0 Å². The summed E-state index contributed by atoms with van der Waals surface area (Å²) in [5, 5.41) is 9.14. The number of hydrogen-bond acceptors (Lipinski definition) is 3. The van der Waals surface area contributed by atoms with Gasteiger partial charge in [0.05, 0.1) is 5.69 Å². The number of carbonyl (C=O) groups is 1. The largest absolute Gasteiger partial charge is 0.382 e. The quantitative estimate of drug-likeness (QED) is 0.769. The molecule has 1 saturated heterocycles. The molecule has 2 rings (SSSR count). The van der Waals surface area contributed by atoms with Crippen molar-refractivity contribution in [3.63, 3.8) is 0 Å². The van der Waals surface area contributed by atoms with E-state index in [2.05, 4.69) is 16.0 Å². The monoisotopic (exact) mass is 251 g/mol. The Morgan fingerprint density at radius 1 is 1.39 bits per heavy atom. The molecule has 18 heavy (non-hydrogen) atoms.